The van der Waals surface area contributed by atoms with Gasteiger partial charge in [-0.3, -0.25) is 4.90 Å². The fraction of sp³-hybridized carbons (Fsp3) is 0.938. The van der Waals surface area contributed by atoms with Crippen molar-refractivity contribution in [3.05, 3.63) is 0 Å². The number of hydrogen-bond acceptors (Lipinski definition) is 4. The Morgan fingerprint density at radius 3 is 2.71 bits per heavy atom. The van der Waals surface area contributed by atoms with Gasteiger partial charge in [-0.25, -0.2) is 4.79 Å². The molecule has 1 aliphatic heterocycles. The minimum Gasteiger partial charge on any atom is -0.450 e. The summed E-state index contributed by atoms with van der Waals surface area (Å²) in [5, 5.41) is 12.2. The van der Waals surface area contributed by atoms with Crippen molar-refractivity contribution in [1.29, 1.82) is 0 Å². The highest BCUT2D eigenvalue weighted by atomic mass is 16.5. The zero-order chi connectivity index (χ0) is 15.2. The van der Waals surface area contributed by atoms with E-state index in [9.17, 15) is 9.90 Å². The number of hydrogen-bond donors (Lipinski definition) is 2. The molecule has 2 fully saturated rings. The number of alkyl carbamates (subject to hydrolysis) is 1. The summed E-state index contributed by atoms with van der Waals surface area (Å²) in [4.78, 5) is 14.2. The van der Waals surface area contributed by atoms with E-state index in [1.807, 2.05) is 6.92 Å². The lowest BCUT2D eigenvalue weighted by Gasteiger charge is -2.42. The second kappa shape index (κ2) is 7.99. The first-order valence-electron chi connectivity index (χ1n) is 8.46. The summed E-state index contributed by atoms with van der Waals surface area (Å²) in [5.74, 6) is 1.30. The number of nitrogens with one attached hydrogen (secondary N) is 1. The van der Waals surface area contributed by atoms with Gasteiger partial charge >= 0.3 is 6.09 Å². The fourth-order valence-corrected chi connectivity index (χ4v) is 3.72. The minimum atomic E-state index is -0.313. The van der Waals surface area contributed by atoms with Crippen molar-refractivity contribution < 1.29 is 14.6 Å². The van der Waals surface area contributed by atoms with Gasteiger partial charge in [0.1, 0.15) is 0 Å². The maximum absolute atomic E-state index is 11.7. The van der Waals surface area contributed by atoms with Crippen LogP contribution in [0.3, 0.4) is 0 Å². The fourth-order valence-electron chi connectivity index (χ4n) is 3.72. The second-order valence-corrected chi connectivity index (χ2v) is 6.44. The van der Waals surface area contributed by atoms with Crippen molar-refractivity contribution in [2.24, 2.45) is 11.8 Å². The molecule has 21 heavy (non-hydrogen) atoms. The van der Waals surface area contributed by atoms with Crippen molar-refractivity contribution in [3.8, 4) is 0 Å². The van der Waals surface area contributed by atoms with Gasteiger partial charge in [0.2, 0.25) is 0 Å². The van der Waals surface area contributed by atoms with Crippen LogP contribution in [0, 0.1) is 11.8 Å². The predicted molar refractivity (Wildman–Crippen MR) is 82.1 cm³/mol. The standard InChI is InChI=1S/C16H30N2O3/c1-3-15(13-5-6-13)18-10-12(7-8-19)9-14(11-18)17-16(20)21-4-2/h12-15,19H,3-11H2,1-2H3,(H,17,20). The predicted octanol–water partition coefficient (Wildman–Crippen LogP) is 1.99. The Balaban J connectivity index is 1.95. The third-order valence-electron chi connectivity index (χ3n) is 4.75. The zero-order valence-corrected chi connectivity index (χ0v) is 13.4. The van der Waals surface area contributed by atoms with E-state index in [0.29, 0.717) is 18.6 Å². The van der Waals surface area contributed by atoms with E-state index in [1.165, 1.54) is 19.3 Å². The highest BCUT2D eigenvalue weighted by Crippen LogP contribution is 2.38. The number of rotatable bonds is 7. The van der Waals surface area contributed by atoms with Gasteiger partial charge in [0, 0.05) is 31.8 Å². The zero-order valence-electron chi connectivity index (χ0n) is 13.4. The van der Waals surface area contributed by atoms with Crippen molar-refractivity contribution in [3.63, 3.8) is 0 Å². The van der Waals surface area contributed by atoms with E-state index in [2.05, 4.69) is 17.1 Å². The Labute approximate surface area is 128 Å². The number of carbonyl (C=O) groups is 1. The van der Waals surface area contributed by atoms with E-state index in [-0.39, 0.29) is 18.7 Å². The third-order valence-corrected chi connectivity index (χ3v) is 4.75. The molecule has 0 bridgehead atoms. The lowest BCUT2D eigenvalue weighted by Crippen LogP contribution is -2.54. The molecule has 5 heteroatoms. The van der Waals surface area contributed by atoms with Gasteiger partial charge in [-0.05, 0) is 50.9 Å². The average Bonchev–Trinajstić information content (AvgIpc) is 3.24. The molecular weight excluding hydrogens is 268 g/mol. The average molecular weight is 298 g/mol. The van der Waals surface area contributed by atoms with Gasteiger partial charge in [-0.15, -0.1) is 0 Å². The Kier molecular flexibility index (Phi) is 6.30. The van der Waals surface area contributed by atoms with Crippen LogP contribution in [-0.4, -0.2) is 54.5 Å². The first kappa shape index (κ1) is 16.6. The van der Waals surface area contributed by atoms with Gasteiger partial charge in [0.15, 0.2) is 0 Å². The number of nitrogens with zero attached hydrogens (tertiary/aromatic N) is 1. The molecule has 2 aliphatic rings. The largest absolute Gasteiger partial charge is 0.450 e. The molecule has 1 heterocycles. The molecule has 3 unspecified atom stereocenters. The van der Waals surface area contributed by atoms with Crippen LogP contribution in [0.1, 0.15) is 46.0 Å². The molecular formula is C16H30N2O3. The maximum atomic E-state index is 11.7. The molecule has 1 saturated heterocycles. The van der Waals surface area contributed by atoms with Crippen molar-refractivity contribution >= 4 is 6.09 Å². The molecule has 0 aromatic heterocycles. The van der Waals surface area contributed by atoms with E-state index in [4.69, 9.17) is 4.74 Å². The number of aliphatic hydroxyl groups excluding tert-OH is 1. The Morgan fingerprint density at radius 1 is 1.38 bits per heavy atom. The summed E-state index contributed by atoms with van der Waals surface area (Å²) in [6.45, 7) is 6.67. The van der Waals surface area contributed by atoms with E-state index in [1.54, 1.807) is 0 Å². The Hall–Kier alpha value is -0.810. The molecule has 2 N–H and O–H groups in total. The number of amides is 1. The molecule has 5 nitrogen and oxygen atoms in total. The first-order chi connectivity index (χ1) is 10.2. The molecule has 0 radical (unpaired) electrons. The summed E-state index contributed by atoms with van der Waals surface area (Å²) in [7, 11) is 0. The van der Waals surface area contributed by atoms with Gasteiger partial charge in [0.25, 0.3) is 0 Å². The number of ether oxygens (including phenoxy) is 1. The van der Waals surface area contributed by atoms with Crippen LogP contribution < -0.4 is 5.32 Å². The molecule has 1 amide bonds. The van der Waals surface area contributed by atoms with Crippen molar-refractivity contribution in [2.75, 3.05) is 26.3 Å². The molecule has 0 aromatic carbocycles. The number of piperidine rings is 1. The molecule has 0 spiro atoms. The van der Waals surface area contributed by atoms with Crippen LogP contribution >= 0.6 is 0 Å². The summed E-state index contributed by atoms with van der Waals surface area (Å²) >= 11 is 0. The highest BCUT2D eigenvalue weighted by Gasteiger charge is 2.38. The number of likely N-dealkylation sites (tertiary alicyclic amines) is 1. The second-order valence-electron chi connectivity index (χ2n) is 6.44. The van der Waals surface area contributed by atoms with Crippen LogP contribution in [0.5, 0.6) is 0 Å². The van der Waals surface area contributed by atoms with E-state index < -0.39 is 0 Å². The molecule has 2 rings (SSSR count). The van der Waals surface area contributed by atoms with Crippen LogP contribution in [0.4, 0.5) is 4.79 Å². The highest BCUT2D eigenvalue weighted by molar-refractivity contribution is 5.67. The summed E-state index contributed by atoms with van der Waals surface area (Å²) in [6.07, 6.45) is 5.30. The maximum Gasteiger partial charge on any atom is 0.407 e. The van der Waals surface area contributed by atoms with Crippen LogP contribution in [0.25, 0.3) is 0 Å². The smallest absolute Gasteiger partial charge is 0.407 e. The van der Waals surface area contributed by atoms with Gasteiger partial charge in [-0.2, -0.15) is 0 Å². The minimum absolute atomic E-state index is 0.141. The summed E-state index contributed by atoms with van der Waals surface area (Å²) in [6, 6.07) is 0.778. The van der Waals surface area contributed by atoms with Crippen LogP contribution in [-0.2, 0) is 4.74 Å². The van der Waals surface area contributed by atoms with Crippen molar-refractivity contribution in [2.45, 2.75) is 58.0 Å². The first-order valence-corrected chi connectivity index (χ1v) is 8.46. The van der Waals surface area contributed by atoms with Gasteiger partial charge < -0.3 is 15.2 Å². The van der Waals surface area contributed by atoms with Crippen molar-refractivity contribution in [1.82, 2.24) is 10.2 Å². The lowest BCUT2D eigenvalue weighted by atomic mass is 9.89. The summed E-state index contributed by atoms with van der Waals surface area (Å²) < 4.78 is 5.00. The quantitative estimate of drug-likeness (QED) is 0.754. The van der Waals surface area contributed by atoms with E-state index in [0.717, 1.165) is 31.8 Å². The normalized spacial score (nSPS) is 28.1. The monoisotopic (exact) mass is 298 g/mol. The Bertz CT molecular complexity index is 333. The number of carbonyl (C=O) groups excluding carboxylic acids is 1. The molecule has 1 aliphatic carbocycles. The molecule has 1 saturated carbocycles. The third kappa shape index (κ3) is 4.85. The van der Waals surface area contributed by atoms with Gasteiger partial charge in [-0.1, -0.05) is 6.92 Å². The summed E-state index contributed by atoms with van der Waals surface area (Å²) in [5.41, 5.74) is 0. The topological polar surface area (TPSA) is 61.8 Å². The van der Waals surface area contributed by atoms with Crippen LogP contribution in [0.2, 0.25) is 0 Å². The molecule has 122 valence electrons. The Morgan fingerprint density at radius 2 is 2.14 bits per heavy atom. The van der Waals surface area contributed by atoms with E-state index >= 15 is 0 Å². The SMILES string of the molecule is CCOC(=O)NC1CC(CCO)CN(C(CC)C2CC2)C1. The molecule has 0 aromatic rings. The van der Waals surface area contributed by atoms with Crippen LogP contribution in [0.15, 0.2) is 0 Å². The molecule has 3 atom stereocenters. The lowest BCUT2D eigenvalue weighted by molar-refractivity contribution is 0.0692. The van der Waals surface area contributed by atoms with Gasteiger partial charge in [0.05, 0.1) is 6.61 Å². The number of aliphatic hydroxyl groups is 1.